The molecule has 2 heterocycles. The zero-order valence-electron chi connectivity index (χ0n) is 26.5. The molecule has 10 aromatic rings. The second-order valence-corrected chi connectivity index (χ2v) is 13.5. The van der Waals surface area contributed by atoms with Gasteiger partial charge >= 0.3 is 0 Å². The van der Waals surface area contributed by atoms with Crippen LogP contribution in [0.4, 0.5) is 17.1 Å². The molecule has 0 fully saturated rings. The number of fused-ring (bicyclic) bond motifs is 8. The van der Waals surface area contributed by atoms with E-state index in [-0.39, 0.29) is 0 Å². The van der Waals surface area contributed by atoms with Crippen LogP contribution in [-0.2, 0) is 0 Å². The van der Waals surface area contributed by atoms with Crippen LogP contribution in [0.15, 0.2) is 180 Å². The molecule has 10 rings (SSSR count). The molecule has 2 aromatic heterocycles. The van der Waals surface area contributed by atoms with Crippen molar-refractivity contribution in [2.45, 2.75) is 0 Å². The Morgan fingerprint density at radius 1 is 0.429 bits per heavy atom. The Kier molecular flexibility index (Phi) is 6.39. The second-order valence-electron chi connectivity index (χ2n) is 12.5. The number of para-hydroxylation sites is 3. The first-order chi connectivity index (χ1) is 24.3. The number of nitrogens with zero attached hydrogens (tertiary/aromatic N) is 1. The molecule has 49 heavy (non-hydrogen) atoms. The van der Waals surface area contributed by atoms with Gasteiger partial charge in [-0.2, -0.15) is 0 Å². The van der Waals surface area contributed by atoms with Crippen LogP contribution in [0.5, 0.6) is 0 Å². The lowest BCUT2D eigenvalue weighted by atomic mass is 9.99. The van der Waals surface area contributed by atoms with E-state index in [1.54, 1.807) is 0 Å². The molecule has 0 saturated carbocycles. The summed E-state index contributed by atoms with van der Waals surface area (Å²) in [5, 5.41) is 7.42. The van der Waals surface area contributed by atoms with Gasteiger partial charge in [-0.3, -0.25) is 0 Å². The minimum atomic E-state index is 0.911. The van der Waals surface area contributed by atoms with E-state index in [4.69, 9.17) is 4.42 Å². The summed E-state index contributed by atoms with van der Waals surface area (Å²) in [5.41, 5.74) is 9.75. The monoisotopic (exact) mass is 643 g/mol. The second kappa shape index (κ2) is 11.2. The molecule has 0 aliphatic rings. The first kappa shape index (κ1) is 27.9. The van der Waals surface area contributed by atoms with Gasteiger partial charge in [0.15, 0.2) is 0 Å². The molecule has 2 nitrogen and oxygen atoms in total. The van der Waals surface area contributed by atoms with E-state index < -0.39 is 0 Å². The lowest BCUT2D eigenvalue weighted by Crippen LogP contribution is -2.11. The predicted molar refractivity (Wildman–Crippen MR) is 210 cm³/mol. The molecule has 0 radical (unpaired) electrons. The van der Waals surface area contributed by atoms with Crippen molar-refractivity contribution in [1.29, 1.82) is 0 Å². The van der Waals surface area contributed by atoms with Crippen LogP contribution in [0.2, 0.25) is 0 Å². The maximum absolute atomic E-state index is 6.41. The van der Waals surface area contributed by atoms with E-state index in [2.05, 4.69) is 169 Å². The van der Waals surface area contributed by atoms with Crippen molar-refractivity contribution >= 4 is 81.3 Å². The molecule has 0 unspecified atom stereocenters. The number of thiophene rings is 1. The first-order valence-electron chi connectivity index (χ1n) is 16.6. The fraction of sp³-hybridized carbons (Fsp3) is 0. The van der Waals surface area contributed by atoms with E-state index in [9.17, 15) is 0 Å². The molecular weight excluding hydrogens is 615 g/mol. The van der Waals surface area contributed by atoms with Crippen LogP contribution >= 0.6 is 11.3 Å². The van der Waals surface area contributed by atoms with Gasteiger partial charge < -0.3 is 9.32 Å². The number of rotatable bonds is 5. The zero-order valence-corrected chi connectivity index (χ0v) is 27.3. The highest BCUT2D eigenvalue weighted by Gasteiger charge is 2.19. The van der Waals surface area contributed by atoms with Crippen LogP contribution in [-0.4, -0.2) is 0 Å². The molecule has 0 atom stereocenters. The van der Waals surface area contributed by atoms with Crippen molar-refractivity contribution in [2.75, 3.05) is 4.90 Å². The Morgan fingerprint density at radius 2 is 1.10 bits per heavy atom. The summed E-state index contributed by atoms with van der Waals surface area (Å²) in [7, 11) is 0. The zero-order chi connectivity index (χ0) is 32.3. The smallest absolute Gasteiger partial charge is 0.143 e. The summed E-state index contributed by atoms with van der Waals surface area (Å²) in [6, 6.07) is 63.2. The minimum Gasteiger partial charge on any atom is -0.455 e. The largest absolute Gasteiger partial charge is 0.455 e. The number of hydrogen-bond acceptors (Lipinski definition) is 3. The molecule has 0 amide bonds. The van der Waals surface area contributed by atoms with E-state index in [1.807, 2.05) is 23.5 Å². The lowest BCUT2D eigenvalue weighted by Gasteiger charge is -2.28. The quantitative estimate of drug-likeness (QED) is 0.186. The predicted octanol–water partition coefficient (Wildman–Crippen LogP) is 13.9. The van der Waals surface area contributed by atoms with E-state index in [1.165, 1.54) is 42.1 Å². The van der Waals surface area contributed by atoms with Gasteiger partial charge in [0.05, 0.1) is 5.69 Å². The normalized spacial score (nSPS) is 11.7. The molecular formula is C46H29NOS. The molecule has 0 N–H and O–H groups in total. The van der Waals surface area contributed by atoms with Crippen molar-refractivity contribution < 1.29 is 4.42 Å². The summed E-state index contributed by atoms with van der Waals surface area (Å²) in [4.78, 5) is 2.40. The Morgan fingerprint density at radius 3 is 2.00 bits per heavy atom. The van der Waals surface area contributed by atoms with Gasteiger partial charge in [0, 0.05) is 58.8 Å². The third-order valence-corrected chi connectivity index (χ3v) is 10.9. The van der Waals surface area contributed by atoms with Crippen molar-refractivity contribution in [2.24, 2.45) is 0 Å². The van der Waals surface area contributed by atoms with Gasteiger partial charge in [0.25, 0.3) is 0 Å². The van der Waals surface area contributed by atoms with E-state index in [0.29, 0.717) is 0 Å². The van der Waals surface area contributed by atoms with E-state index >= 15 is 0 Å². The van der Waals surface area contributed by atoms with Crippen molar-refractivity contribution in [1.82, 2.24) is 0 Å². The fourth-order valence-corrected chi connectivity index (χ4v) is 8.58. The average molecular weight is 644 g/mol. The molecule has 0 aliphatic heterocycles. The number of furan rings is 1. The highest BCUT2D eigenvalue weighted by Crippen LogP contribution is 2.45. The Labute approximate surface area is 287 Å². The standard InChI is InChI=1S/C46H29NOS/c1-2-11-30(12-3-1)35-13-4-7-18-42(35)47(34-27-23-32-24-28-40-38-15-6-9-20-44(38)49-46(40)41(32)29-34)33-25-21-31(22-26-33)36-16-10-17-39-37-14-5-8-19-43(37)48-45(36)39/h1-29H. The lowest BCUT2D eigenvalue weighted by molar-refractivity contribution is 0.670. The Hall–Kier alpha value is -6.16. The van der Waals surface area contributed by atoms with E-state index in [0.717, 1.165) is 50.1 Å². The average Bonchev–Trinajstić information content (AvgIpc) is 3.75. The summed E-state index contributed by atoms with van der Waals surface area (Å²) in [6.07, 6.45) is 0. The highest BCUT2D eigenvalue weighted by molar-refractivity contribution is 7.26. The van der Waals surface area contributed by atoms with Crippen LogP contribution in [0, 0.1) is 0 Å². The molecule has 8 aromatic carbocycles. The summed E-state index contributed by atoms with van der Waals surface area (Å²) >= 11 is 1.88. The van der Waals surface area contributed by atoms with Crippen molar-refractivity contribution in [3.63, 3.8) is 0 Å². The summed E-state index contributed by atoms with van der Waals surface area (Å²) < 4.78 is 9.05. The number of benzene rings is 8. The van der Waals surface area contributed by atoms with Gasteiger partial charge in [-0.1, -0.05) is 133 Å². The topological polar surface area (TPSA) is 16.4 Å². The molecule has 3 heteroatoms. The van der Waals surface area contributed by atoms with Crippen LogP contribution in [0.1, 0.15) is 0 Å². The Balaban J connectivity index is 1.17. The van der Waals surface area contributed by atoms with Crippen LogP contribution in [0.25, 0.3) is 75.1 Å². The molecule has 0 spiro atoms. The van der Waals surface area contributed by atoms with Gasteiger partial charge in [-0.25, -0.2) is 0 Å². The van der Waals surface area contributed by atoms with Gasteiger partial charge in [0.2, 0.25) is 0 Å². The molecule has 230 valence electrons. The van der Waals surface area contributed by atoms with Crippen molar-refractivity contribution in [3.8, 4) is 22.3 Å². The third kappa shape index (κ3) is 4.55. The fourth-order valence-electron chi connectivity index (χ4n) is 7.35. The van der Waals surface area contributed by atoms with Crippen molar-refractivity contribution in [3.05, 3.63) is 176 Å². The minimum absolute atomic E-state index is 0.911. The van der Waals surface area contributed by atoms with Crippen LogP contribution in [0.3, 0.4) is 0 Å². The molecule has 0 aliphatic carbocycles. The Bertz CT molecular complexity index is 2830. The summed E-state index contributed by atoms with van der Waals surface area (Å²) in [6.45, 7) is 0. The molecule has 0 saturated heterocycles. The first-order valence-corrected chi connectivity index (χ1v) is 17.4. The third-order valence-electron chi connectivity index (χ3n) is 9.67. The summed E-state index contributed by atoms with van der Waals surface area (Å²) in [5.74, 6) is 0. The SMILES string of the molecule is c1ccc(-c2ccccc2N(c2ccc(-c3cccc4c3oc3ccccc34)cc2)c2ccc3ccc4c5ccccc5sc4c3c2)cc1. The highest BCUT2D eigenvalue weighted by atomic mass is 32.1. The maximum Gasteiger partial charge on any atom is 0.143 e. The van der Waals surface area contributed by atoms with Gasteiger partial charge in [-0.05, 0) is 59.0 Å². The maximum atomic E-state index is 6.41. The van der Waals surface area contributed by atoms with Crippen LogP contribution < -0.4 is 4.90 Å². The number of anilines is 3. The number of hydrogen-bond donors (Lipinski definition) is 0. The van der Waals surface area contributed by atoms with Gasteiger partial charge in [-0.15, -0.1) is 11.3 Å². The van der Waals surface area contributed by atoms with Gasteiger partial charge in [0.1, 0.15) is 11.2 Å². The molecule has 0 bridgehead atoms.